The Bertz CT molecular complexity index is 1010. The summed E-state index contributed by atoms with van der Waals surface area (Å²) in [5, 5.41) is 13.8. The Hall–Kier alpha value is -2.30. The van der Waals surface area contributed by atoms with E-state index in [0.717, 1.165) is 10.6 Å². The van der Waals surface area contributed by atoms with Crippen LogP contribution in [0.1, 0.15) is 5.56 Å². The van der Waals surface area contributed by atoms with E-state index >= 15 is 0 Å². The van der Waals surface area contributed by atoms with Crippen molar-refractivity contribution in [3.63, 3.8) is 0 Å². The molecule has 0 aromatic heterocycles. The number of halogens is 2. The third-order valence-electron chi connectivity index (χ3n) is 3.48. The van der Waals surface area contributed by atoms with Gasteiger partial charge in [0.25, 0.3) is 5.91 Å². The number of nitrogens with zero attached hydrogens (tertiary/aromatic N) is 2. The van der Waals surface area contributed by atoms with Crippen LogP contribution in [0, 0.1) is 0 Å². The van der Waals surface area contributed by atoms with Gasteiger partial charge in [0.15, 0.2) is 11.5 Å². The van der Waals surface area contributed by atoms with E-state index < -0.39 is 22.5 Å². The molecule has 28 heavy (non-hydrogen) atoms. The molecule has 0 bridgehead atoms. The number of carbonyl (C=O) groups is 1. The van der Waals surface area contributed by atoms with Gasteiger partial charge in [0.1, 0.15) is 6.54 Å². The number of methoxy groups -OCH3 is 1. The molecule has 0 spiro atoms. The van der Waals surface area contributed by atoms with Crippen molar-refractivity contribution in [1.82, 2.24) is 5.43 Å². The van der Waals surface area contributed by atoms with Crippen molar-refractivity contribution >= 4 is 55.4 Å². The Morgan fingerprint density at radius 3 is 2.68 bits per heavy atom. The molecule has 0 atom stereocenters. The number of hydrogen-bond donors (Lipinski definition) is 2. The zero-order valence-electron chi connectivity index (χ0n) is 14.9. The van der Waals surface area contributed by atoms with Crippen molar-refractivity contribution in [2.75, 3.05) is 24.2 Å². The maximum atomic E-state index is 12.2. The van der Waals surface area contributed by atoms with Crippen LogP contribution in [-0.2, 0) is 14.8 Å². The summed E-state index contributed by atoms with van der Waals surface area (Å²) >= 11 is 9.23. The number of nitrogens with one attached hydrogen (secondary N) is 1. The molecular weight excluding hydrogens is 474 g/mol. The minimum absolute atomic E-state index is 0.0628. The summed E-state index contributed by atoms with van der Waals surface area (Å²) in [5.41, 5.74) is 2.98. The fourth-order valence-electron chi connectivity index (χ4n) is 2.20. The Balaban J connectivity index is 2.13. The molecule has 0 heterocycles. The van der Waals surface area contributed by atoms with E-state index in [1.54, 1.807) is 18.2 Å². The summed E-state index contributed by atoms with van der Waals surface area (Å²) in [6, 6.07) is 9.38. The molecular formula is C17H17BrClN3O5S. The summed E-state index contributed by atoms with van der Waals surface area (Å²) in [4.78, 5) is 12.2. The molecule has 0 unspecified atom stereocenters. The zero-order valence-corrected chi connectivity index (χ0v) is 18.0. The summed E-state index contributed by atoms with van der Waals surface area (Å²) in [7, 11) is -2.34. The molecule has 0 saturated heterocycles. The number of phenols is 1. The van der Waals surface area contributed by atoms with Gasteiger partial charge >= 0.3 is 0 Å². The summed E-state index contributed by atoms with van der Waals surface area (Å²) < 4.78 is 30.4. The highest BCUT2D eigenvalue weighted by Gasteiger charge is 2.22. The molecule has 1 amide bonds. The highest BCUT2D eigenvalue weighted by molar-refractivity contribution is 9.10. The number of hydrazone groups is 1. The Morgan fingerprint density at radius 2 is 2.07 bits per heavy atom. The molecule has 11 heteroatoms. The topological polar surface area (TPSA) is 108 Å². The van der Waals surface area contributed by atoms with Crippen molar-refractivity contribution in [1.29, 1.82) is 0 Å². The van der Waals surface area contributed by atoms with Crippen LogP contribution in [0.5, 0.6) is 11.5 Å². The molecule has 150 valence electrons. The van der Waals surface area contributed by atoms with Gasteiger partial charge in [-0.25, -0.2) is 13.8 Å². The smallest absolute Gasteiger partial charge is 0.260 e. The van der Waals surface area contributed by atoms with Gasteiger partial charge in [0.05, 0.1) is 34.8 Å². The first-order chi connectivity index (χ1) is 13.1. The summed E-state index contributed by atoms with van der Waals surface area (Å²) in [6.07, 6.45) is 2.30. The summed E-state index contributed by atoms with van der Waals surface area (Å²) in [5.74, 6) is -0.497. The van der Waals surface area contributed by atoms with Gasteiger partial charge in [-0.05, 0) is 45.8 Å². The van der Waals surface area contributed by atoms with Gasteiger partial charge in [0, 0.05) is 0 Å². The number of para-hydroxylation sites is 1. The molecule has 0 aliphatic rings. The van der Waals surface area contributed by atoms with E-state index in [1.165, 1.54) is 31.5 Å². The van der Waals surface area contributed by atoms with E-state index in [9.17, 15) is 18.3 Å². The van der Waals surface area contributed by atoms with Crippen molar-refractivity contribution in [3.8, 4) is 11.5 Å². The van der Waals surface area contributed by atoms with Crippen LogP contribution in [0.15, 0.2) is 46.0 Å². The average Bonchev–Trinajstić information content (AvgIpc) is 2.62. The lowest BCUT2D eigenvalue weighted by atomic mass is 10.2. The monoisotopic (exact) mass is 489 g/mol. The highest BCUT2D eigenvalue weighted by Crippen LogP contribution is 2.34. The van der Waals surface area contributed by atoms with Crippen molar-refractivity contribution in [3.05, 3.63) is 51.5 Å². The average molecular weight is 491 g/mol. The van der Waals surface area contributed by atoms with E-state index in [1.807, 2.05) is 0 Å². The van der Waals surface area contributed by atoms with Crippen LogP contribution < -0.4 is 14.5 Å². The molecule has 2 aromatic carbocycles. The van der Waals surface area contributed by atoms with Gasteiger partial charge in [-0.2, -0.15) is 5.10 Å². The molecule has 2 N–H and O–H groups in total. The lowest BCUT2D eigenvalue weighted by Crippen LogP contribution is -2.39. The fraction of sp³-hybridized carbons (Fsp3) is 0.176. The van der Waals surface area contributed by atoms with Crippen LogP contribution in [0.3, 0.4) is 0 Å². The SMILES string of the molecule is COc1cc(/C=N\NC(=O)CN(c2ccccc2Cl)S(C)(=O)=O)cc(Br)c1O. The van der Waals surface area contributed by atoms with Crippen molar-refractivity contribution in [2.24, 2.45) is 5.10 Å². The van der Waals surface area contributed by atoms with Gasteiger partial charge < -0.3 is 9.84 Å². The first kappa shape index (κ1) is 22.0. The maximum absolute atomic E-state index is 12.2. The van der Waals surface area contributed by atoms with Gasteiger partial charge in [0.2, 0.25) is 10.0 Å². The molecule has 8 nitrogen and oxygen atoms in total. The third kappa shape index (κ3) is 5.60. The number of phenolic OH excluding ortho intramolecular Hbond substituents is 1. The van der Waals surface area contributed by atoms with Crippen molar-refractivity contribution in [2.45, 2.75) is 0 Å². The molecule has 0 aliphatic heterocycles. The number of aromatic hydroxyl groups is 1. The van der Waals surface area contributed by atoms with E-state index in [2.05, 4.69) is 26.5 Å². The molecule has 2 rings (SSSR count). The van der Waals surface area contributed by atoms with Crippen LogP contribution in [0.4, 0.5) is 5.69 Å². The van der Waals surface area contributed by atoms with E-state index in [-0.39, 0.29) is 22.2 Å². The summed E-state index contributed by atoms with van der Waals surface area (Å²) in [6.45, 7) is -0.498. The number of hydrogen-bond acceptors (Lipinski definition) is 6. The Kier molecular flexibility index (Phi) is 7.28. The minimum atomic E-state index is -3.75. The van der Waals surface area contributed by atoms with E-state index in [4.69, 9.17) is 16.3 Å². The number of carbonyl (C=O) groups excluding carboxylic acids is 1. The van der Waals surface area contributed by atoms with Gasteiger partial charge in [-0.15, -0.1) is 0 Å². The third-order valence-corrected chi connectivity index (χ3v) is 5.53. The van der Waals surface area contributed by atoms with Gasteiger partial charge in [-0.1, -0.05) is 23.7 Å². The Labute approximate surface area is 175 Å². The fourth-order valence-corrected chi connectivity index (χ4v) is 3.82. The number of sulfonamides is 1. The quantitative estimate of drug-likeness (QED) is 0.458. The second kappa shape index (κ2) is 9.26. The van der Waals surface area contributed by atoms with Crippen LogP contribution in [-0.4, -0.2) is 45.6 Å². The number of amides is 1. The highest BCUT2D eigenvalue weighted by atomic mass is 79.9. The van der Waals surface area contributed by atoms with E-state index in [0.29, 0.717) is 10.0 Å². The van der Waals surface area contributed by atoms with Gasteiger partial charge in [-0.3, -0.25) is 9.10 Å². The minimum Gasteiger partial charge on any atom is -0.503 e. The zero-order chi connectivity index (χ0) is 20.9. The largest absolute Gasteiger partial charge is 0.503 e. The van der Waals surface area contributed by atoms with Crippen LogP contribution in [0.2, 0.25) is 5.02 Å². The number of ether oxygens (including phenoxy) is 1. The molecule has 0 fully saturated rings. The second-order valence-electron chi connectivity index (χ2n) is 5.57. The molecule has 0 radical (unpaired) electrons. The number of anilines is 1. The number of rotatable bonds is 7. The lowest BCUT2D eigenvalue weighted by Gasteiger charge is -2.22. The van der Waals surface area contributed by atoms with Crippen LogP contribution in [0.25, 0.3) is 0 Å². The number of benzene rings is 2. The maximum Gasteiger partial charge on any atom is 0.260 e. The molecule has 2 aromatic rings. The Morgan fingerprint density at radius 1 is 1.39 bits per heavy atom. The van der Waals surface area contributed by atoms with Crippen molar-refractivity contribution < 1.29 is 23.1 Å². The first-order valence-electron chi connectivity index (χ1n) is 7.74. The lowest BCUT2D eigenvalue weighted by molar-refractivity contribution is -0.119. The van der Waals surface area contributed by atoms with Crippen LogP contribution >= 0.6 is 27.5 Å². The standard InChI is InChI=1S/C17H17BrClN3O5S/c1-27-15-8-11(7-12(18)17(15)24)9-20-21-16(23)10-22(28(2,25)26)14-6-4-3-5-13(14)19/h3-9,24H,10H2,1-2H3,(H,21,23)/b20-9-. The first-order valence-corrected chi connectivity index (χ1v) is 10.8. The normalized spacial score (nSPS) is 11.4. The predicted octanol–water partition coefficient (Wildman–Crippen LogP) is 2.73. The molecule has 0 aliphatic carbocycles. The second-order valence-corrected chi connectivity index (χ2v) is 8.74. The molecule has 0 saturated carbocycles. The predicted molar refractivity (Wildman–Crippen MR) is 112 cm³/mol.